The van der Waals surface area contributed by atoms with Crippen molar-refractivity contribution in [3.63, 3.8) is 0 Å². The number of nitrogens with zero attached hydrogens (tertiary/aromatic N) is 3. The zero-order valence-electron chi connectivity index (χ0n) is 17.4. The third-order valence-electron chi connectivity index (χ3n) is 5.11. The quantitative estimate of drug-likeness (QED) is 0.556. The summed E-state index contributed by atoms with van der Waals surface area (Å²) in [4.78, 5) is 9.32. The summed E-state index contributed by atoms with van der Waals surface area (Å²) in [5.74, 6) is 1.78. The van der Waals surface area contributed by atoms with Crippen LogP contribution in [0, 0.1) is 0 Å². The predicted octanol–water partition coefficient (Wildman–Crippen LogP) is 2.39. The molecule has 1 fully saturated rings. The van der Waals surface area contributed by atoms with Crippen LogP contribution in [0.3, 0.4) is 0 Å². The molecular weight excluding hydrogens is 364 g/mol. The number of nitrogens with one attached hydrogen (secondary N) is 1. The van der Waals surface area contributed by atoms with Gasteiger partial charge in [-0.2, -0.15) is 0 Å². The summed E-state index contributed by atoms with van der Waals surface area (Å²) in [5, 5.41) is 13.8. The lowest BCUT2D eigenvalue weighted by atomic mass is 10.1. The number of aliphatic hydroxyl groups is 1. The summed E-state index contributed by atoms with van der Waals surface area (Å²) >= 11 is 0. The van der Waals surface area contributed by atoms with Crippen molar-refractivity contribution in [3.05, 3.63) is 60.2 Å². The molecule has 0 aromatic heterocycles. The van der Waals surface area contributed by atoms with Gasteiger partial charge in [-0.15, -0.1) is 0 Å². The van der Waals surface area contributed by atoms with Crippen molar-refractivity contribution in [2.75, 3.05) is 51.3 Å². The third-order valence-corrected chi connectivity index (χ3v) is 5.11. The van der Waals surface area contributed by atoms with Crippen LogP contribution in [0.25, 0.3) is 0 Å². The second kappa shape index (κ2) is 10.7. The van der Waals surface area contributed by atoms with E-state index in [0.29, 0.717) is 13.0 Å². The number of aliphatic imine (C=N–C) groups is 1. The highest BCUT2D eigenvalue weighted by Gasteiger charge is 2.21. The molecule has 0 spiro atoms. The monoisotopic (exact) mass is 396 g/mol. The van der Waals surface area contributed by atoms with Gasteiger partial charge in [0.25, 0.3) is 0 Å². The van der Waals surface area contributed by atoms with Gasteiger partial charge in [-0.25, -0.2) is 0 Å². The minimum absolute atomic E-state index is 0.393. The molecule has 2 N–H and O–H groups in total. The summed E-state index contributed by atoms with van der Waals surface area (Å²) < 4.78 is 5.51. The molecule has 1 unspecified atom stereocenters. The Kier molecular flexibility index (Phi) is 7.76. The average molecular weight is 397 g/mol. The van der Waals surface area contributed by atoms with E-state index in [2.05, 4.69) is 28.1 Å². The second-order valence-corrected chi connectivity index (χ2v) is 7.18. The van der Waals surface area contributed by atoms with Gasteiger partial charge in [-0.05, 0) is 24.6 Å². The Bertz CT molecular complexity index is 773. The maximum atomic E-state index is 10.4. The van der Waals surface area contributed by atoms with Crippen LogP contribution in [0.1, 0.15) is 12.5 Å². The molecule has 0 radical (unpaired) electrons. The number of guanidine groups is 1. The van der Waals surface area contributed by atoms with Crippen LogP contribution in [-0.2, 0) is 6.42 Å². The van der Waals surface area contributed by atoms with Crippen molar-refractivity contribution in [3.8, 4) is 5.75 Å². The van der Waals surface area contributed by atoms with Crippen molar-refractivity contribution in [2.24, 2.45) is 4.99 Å². The number of methoxy groups -OCH3 is 1. The molecule has 1 saturated heterocycles. The lowest BCUT2D eigenvalue weighted by Gasteiger charge is -2.38. The van der Waals surface area contributed by atoms with Crippen LogP contribution in [0.4, 0.5) is 5.69 Å². The zero-order valence-corrected chi connectivity index (χ0v) is 17.4. The fourth-order valence-corrected chi connectivity index (χ4v) is 3.62. The summed E-state index contributed by atoms with van der Waals surface area (Å²) in [6.45, 7) is 6.82. The molecule has 1 aliphatic heterocycles. The maximum absolute atomic E-state index is 10.4. The van der Waals surface area contributed by atoms with Gasteiger partial charge in [-0.3, -0.25) is 4.99 Å². The van der Waals surface area contributed by atoms with Crippen LogP contribution < -0.4 is 15.0 Å². The van der Waals surface area contributed by atoms with E-state index in [-0.39, 0.29) is 0 Å². The van der Waals surface area contributed by atoms with Crippen LogP contribution in [0.15, 0.2) is 59.6 Å². The number of aliphatic hydroxyl groups excluding tert-OH is 1. The van der Waals surface area contributed by atoms with E-state index in [9.17, 15) is 5.11 Å². The molecule has 6 nitrogen and oxygen atoms in total. The molecule has 0 saturated carbocycles. The number of hydrogen-bond donors (Lipinski definition) is 2. The van der Waals surface area contributed by atoms with Gasteiger partial charge in [0, 0.05) is 39.1 Å². The molecule has 2 aromatic carbocycles. The number of para-hydroxylation sites is 2. The first-order valence-corrected chi connectivity index (χ1v) is 10.3. The van der Waals surface area contributed by atoms with Crippen LogP contribution in [0.2, 0.25) is 0 Å². The molecule has 6 heteroatoms. The van der Waals surface area contributed by atoms with Crippen molar-refractivity contribution in [2.45, 2.75) is 19.4 Å². The number of rotatable bonds is 7. The van der Waals surface area contributed by atoms with E-state index in [0.717, 1.165) is 55.7 Å². The Hall–Kier alpha value is -2.73. The molecule has 2 aromatic rings. The minimum atomic E-state index is -0.485. The Morgan fingerprint density at radius 1 is 1.07 bits per heavy atom. The first kappa shape index (κ1) is 21.0. The van der Waals surface area contributed by atoms with Gasteiger partial charge in [-0.1, -0.05) is 42.5 Å². The lowest BCUT2D eigenvalue weighted by Crippen LogP contribution is -2.52. The zero-order chi connectivity index (χ0) is 20.5. The first-order valence-electron chi connectivity index (χ1n) is 10.3. The maximum Gasteiger partial charge on any atom is 0.194 e. The van der Waals surface area contributed by atoms with Gasteiger partial charge < -0.3 is 25.0 Å². The highest BCUT2D eigenvalue weighted by molar-refractivity contribution is 5.80. The number of anilines is 1. The molecule has 1 aliphatic rings. The van der Waals surface area contributed by atoms with Gasteiger partial charge in [0.2, 0.25) is 0 Å². The van der Waals surface area contributed by atoms with Crippen molar-refractivity contribution in [1.29, 1.82) is 0 Å². The largest absolute Gasteiger partial charge is 0.495 e. The molecular formula is C23H32N4O2. The van der Waals surface area contributed by atoms with Crippen molar-refractivity contribution >= 4 is 11.6 Å². The average Bonchev–Trinajstić information content (AvgIpc) is 2.77. The third kappa shape index (κ3) is 5.87. The van der Waals surface area contributed by atoms with E-state index in [1.807, 2.05) is 48.5 Å². The lowest BCUT2D eigenvalue weighted by molar-refractivity contribution is 0.183. The summed E-state index contributed by atoms with van der Waals surface area (Å²) in [6.07, 6.45) is 0.131. The predicted molar refractivity (Wildman–Crippen MR) is 119 cm³/mol. The van der Waals surface area contributed by atoms with E-state index in [4.69, 9.17) is 9.73 Å². The Labute approximate surface area is 173 Å². The fraction of sp³-hybridized carbons (Fsp3) is 0.435. The van der Waals surface area contributed by atoms with E-state index in [1.54, 1.807) is 7.11 Å². The van der Waals surface area contributed by atoms with Crippen LogP contribution in [-0.4, -0.2) is 68.4 Å². The van der Waals surface area contributed by atoms with Gasteiger partial charge >= 0.3 is 0 Å². The Morgan fingerprint density at radius 2 is 1.76 bits per heavy atom. The molecule has 3 rings (SSSR count). The summed E-state index contributed by atoms with van der Waals surface area (Å²) in [5.41, 5.74) is 2.26. The topological polar surface area (TPSA) is 60.3 Å². The van der Waals surface area contributed by atoms with Crippen molar-refractivity contribution < 1.29 is 9.84 Å². The Balaban J connectivity index is 1.57. The van der Waals surface area contributed by atoms with Gasteiger partial charge in [0.15, 0.2) is 5.96 Å². The highest BCUT2D eigenvalue weighted by Crippen LogP contribution is 2.28. The van der Waals surface area contributed by atoms with Gasteiger partial charge in [0.05, 0.1) is 25.4 Å². The van der Waals surface area contributed by atoms with E-state index < -0.39 is 6.10 Å². The number of piperazine rings is 1. The fourth-order valence-electron chi connectivity index (χ4n) is 3.62. The second-order valence-electron chi connectivity index (χ2n) is 7.18. The van der Waals surface area contributed by atoms with Crippen LogP contribution in [0.5, 0.6) is 5.75 Å². The molecule has 0 bridgehead atoms. The SMILES string of the molecule is CCNC(=NCC(O)Cc1ccccc1)N1CCN(c2ccccc2OC)CC1. The number of hydrogen-bond acceptors (Lipinski definition) is 4. The molecule has 0 amide bonds. The Morgan fingerprint density at radius 3 is 2.45 bits per heavy atom. The summed E-state index contributed by atoms with van der Waals surface area (Å²) in [7, 11) is 1.71. The smallest absolute Gasteiger partial charge is 0.194 e. The van der Waals surface area contributed by atoms with Crippen molar-refractivity contribution in [1.82, 2.24) is 10.2 Å². The normalized spacial score (nSPS) is 15.9. The number of ether oxygens (including phenoxy) is 1. The molecule has 1 heterocycles. The molecule has 0 aliphatic carbocycles. The van der Waals surface area contributed by atoms with E-state index >= 15 is 0 Å². The highest BCUT2D eigenvalue weighted by atomic mass is 16.5. The standard InChI is InChI=1S/C23H32N4O2/c1-3-24-23(25-18-20(28)17-19-9-5-4-6-10-19)27-15-13-26(14-16-27)21-11-7-8-12-22(21)29-2/h4-12,20,28H,3,13-18H2,1-2H3,(H,24,25). The molecule has 29 heavy (non-hydrogen) atoms. The van der Waals surface area contributed by atoms with Gasteiger partial charge in [0.1, 0.15) is 5.75 Å². The first-order chi connectivity index (χ1) is 14.2. The number of benzene rings is 2. The molecule has 156 valence electrons. The van der Waals surface area contributed by atoms with Crippen LogP contribution >= 0.6 is 0 Å². The molecule has 1 atom stereocenters. The summed E-state index contributed by atoms with van der Waals surface area (Å²) in [6, 6.07) is 18.2. The minimum Gasteiger partial charge on any atom is -0.495 e. The van der Waals surface area contributed by atoms with E-state index in [1.165, 1.54) is 0 Å².